The first-order valence-electron chi connectivity index (χ1n) is 9.62. The van der Waals surface area contributed by atoms with Crippen molar-refractivity contribution in [3.63, 3.8) is 0 Å². The minimum atomic E-state index is 0. The van der Waals surface area contributed by atoms with Crippen LogP contribution in [0.15, 0.2) is 29.3 Å². The van der Waals surface area contributed by atoms with E-state index in [9.17, 15) is 0 Å². The average molecular weight is 507 g/mol. The first-order chi connectivity index (χ1) is 13.2. The number of hydrogen-bond donors (Lipinski definition) is 2. The van der Waals surface area contributed by atoms with Gasteiger partial charge in [-0.1, -0.05) is 0 Å². The molecule has 1 aromatic carbocycles. The molecule has 1 aromatic rings. The number of nitrogens with one attached hydrogen (secondary N) is 2. The summed E-state index contributed by atoms with van der Waals surface area (Å²) in [5.74, 6) is 2.97. The molecule has 1 fully saturated rings. The summed E-state index contributed by atoms with van der Waals surface area (Å²) >= 11 is 0. The third-order valence-electron chi connectivity index (χ3n) is 4.31. The van der Waals surface area contributed by atoms with Gasteiger partial charge in [0.1, 0.15) is 17.6 Å². The number of guanidine groups is 1. The van der Waals surface area contributed by atoms with Gasteiger partial charge >= 0.3 is 0 Å². The highest BCUT2D eigenvalue weighted by Gasteiger charge is 2.15. The first-order valence-corrected chi connectivity index (χ1v) is 9.62. The van der Waals surface area contributed by atoms with Crippen molar-refractivity contribution in [2.45, 2.75) is 25.9 Å². The van der Waals surface area contributed by atoms with Crippen molar-refractivity contribution < 1.29 is 18.9 Å². The van der Waals surface area contributed by atoms with Crippen molar-refractivity contribution in [1.82, 2.24) is 10.6 Å². The van der Waals surface area contributed by atoms with E-state index in [1.165, 1.54) is 0 Å². The van der Waals surface area contributed by atoms with Crippen molar-refractivity contribution >= 4 is 29.9 Å². The van der Waals surface area contributed by atoms with Gasteiger partial charge in [0, 0.05) is 32.7 Å². The molecule has 2 unspecified atom stereocenters. The molecule has 0 radical (unpaired) electrons. The van der Waals surface area contributed by atoms with Crippen LogP contribution in [0.5, 0.6) is 11.5 Å². The quantitative estimate of drug-likeness (QED) is 0.208. The molecular formula is C20H34IN3O4. The zero-order chi connectivity index (χ0) is 19.3. The number of aliphatic imine (C=N–C) groups is 1. The second-order valence-corrected chi connectivity index (χ2v) is 6.64. The van der Waals surface area contributed by atoms with E-state index in [2.05, 4.69) is 15.6 Å². The Balaban J connectivity index is 0.00000392. The summed E-state index contributed by atoms with van der Waals surface area (Å²) in [7, 11) is 3.42. The maximum absolute atomic E-state index is 5.88. The Morgan fingerprint density at radius 2 is 2.00 bits per heavy atom. The lowest BCUT2D eigenvalue weighted by Gasteiger charge is -2.18. The number of hydrogen-bond acceptors (Lipinski definition) is 5. The zero-order valence-electron chi connectivity index (χ0n) is 17.1. The third kappa shape index (κ3) is 9.79. The van der Waals surface area contributed by atoms with Gasteiger partial charge in [-0.2, -0.15) is 0 Å². The zero-order valence-corrected chi connectivity index (χ0v) is 19.4. The molecule has 1 aliphatic rings. The summed E-state index contributed by atoms with van der Waals surface area (Å²) in [6.07, 6.45) is 2.06. The first kappa shape index (κ1) is 24.8. The molecular weight excluding hydrogens is 473 g/mol. The lowest BCUT2D eigenvalue weighted by molar-refractivity contribution is 0.0888. The topological polar surface area (TPSA) is 73.3 Å². The van der Waals surface area contributed by atoms with Crippen molar-refractivity contribution in [3.05, 3.63) is 24.3 Å². The van der Waals surface area contributed by atoms with Crippen LogP contribution in [-0.4, -0.2) is 65.7 Å². The third-order valence-corrected chi connectivity index (χ3v) is 4.31. The van der Waals surface area contributed by atoms with Gasteiger partial charge in [0.25, 0.3) is 0 Å². The molecule has 0 bridgehead atoms. The Hall–Kier alpha value is -1.26. The van der Waals surface area contributed by atoms with Crippen LogP contribution in [-0.2, 0) is 9.47 Å². The van der Waals surface area contributed by atoms with Gasteiger partial charge in [0.2, 0.25) is 0 Å². The van der Waals surface area contributed by atoms with Crippen molar-refractivity contribution in [3.8, 4) is 11.5 Å². The van der Waals surface area contributed by atoms with Crippen molar-refractivity contribution in [2.75, 3.05) is 53.7 Å². The summed E-state index contributed by atoms with van der Waals surface area (Å²) in [5.41, 5.74) is 0. The van der Waals surface area contributed by atoms with E-state index >= 15 is 0 Å². The second-order valence-electron chi connectivity index (χ2n) is 6.64. The predicted octanol–water partition coefficient (Wildman–Crippen LogP) is 2.69. The smallest absolute Gasteiger partial charge is 0.191 e. The minimum Gasteiger partial charge on any atom is -0.497 e. The fourth-order valence-electron chi connectivity index (χ4n) is 2.74. The lowest BCUT2D eigenvalue weighted by atomic mass is 10.1. The molecule has 2 rings (SSSR count). The van der Waals surface area contributed by atoms with Crippen LogP contribution in [0.2, 0.25) is 0 Å². The summed E-state index contributed by atoms with van der Waals surface area (Å²) < 4.78 is 22.1. The number of rotatable bonds is 11. The average Bonchev–Trinajstić information content (AvgIpc) is 3.21. The Labute approximate surface area is 185 Å². The van der Waals surface area contributed by atoms with Gasteiger partial charge in [0.05, 0.1) is 26.9 Å². The molecule has 1 heterocycles. The van der Waals surface area contributed by atoms with E-state index in [1.807, 2.05) is 31.2 Å². The van der Waals surface area contributed by atoms with Crippen LogP contribution in [0.4, 0.5) is 0 Å². The fraction of sp³-hybridized carbons (Fsp3) is 0.650. The van der Waals surface area contributed by atoms with Crippen LogP contribution in [0.3, 0.4) is 0 Å². The molecule has 0 aromatic heterocycles. The SMILES string of the molecule is CN=C(NCCCOCC1CCOC1)NCC(C)Oc1ccc(OC)cc1.I. The summed E-state index contributed by atoms with van der Waals surface area (Å²) in [6.45, 7) is 6.75. The van der Waals surface area contributed by atoms with Crippen LogP contribution in [0.1, 0.15) is 19.8 Å². The molecule has 0 saturated carbocycles. The molecule has 1 aliphatic heterocycles. The molecule has 2 N–H and O–H groups in total. The monoisotopic (exact) mass is 507 g/mol. The summed E-state index contributed by atoms with van der Waals surface area (Å²) in [4.78, 5) is 4.24. The van der Waals surface area contributed by atoms with Gasteiger partial charge in [0.15, 0.2) is 5.96 Å². The highest BCUT2D eigenvalue weighted by atomic mass is 127. The number of nitrogens with zero attached hydrogens (tertiary/aromatic N) is 1. The van der Waals surface area contributed by atoms with Gasteiger partial charge in [-0.05, 0) is 44.0 Å². The maximum atomic E-state index is 5.88. The van der Waals surface area contributed by atoms with Gasteiger partial charge in [-0.15, -0.1) is 24.0 Å². The fourth-order valence-corrected chi connectivity index (χ4v) is 2.74. The lowest BCUT2D eigenvalue weighted by Crippen LogP contribution is -2.42. The van der Waals surface area contributed by atoms with Crippen LogP contribution in [0, 0.1) is 5.92 Å². The highest BCUT2D eigenvalue weighted by molar-refractivity contribution is 14.0. The molecule has 0 spiro atoms. The molecule has 160 valence electrons. The van der Waals surface area contributed by atoms with Crippen LogP contribution < -0.4 is 20.1 Å². The molecule has 1 saturated heterocycles. The van der Waals surface area contributed by atoms with E-state index < -0.39 is 0 Å². The minimum absolute atomic E-state index is 0. The second kappa shape index (κ2) is 14.7. The number of halogens is 1. The Morgan fingerprint density at radius 1 is 1.25 bits per heavy atom. The van der Waals surface area contributed by atoms with E-state index in [1.54, 1.807) is 14.2 Å². The van der Waals surface area contributed by atoms with E-state index in [0.29, 0.717) is 12.5 Å². The molecule has 2 atom stereocenters. The summed E-state index contributed by atoms with van der Waals surface area (Å²) in [6, 6.07) is 7.58. The van der Waals surface area contributed by atoms with Crippen LogP contribution >= 0.6 is 24.0 Å². The molecule has 28 heavy (non-hydrogen) atoms. The molecule has 0 amide bonds. The summed E-state index contributed by atoms with van der Waals surface area (Å²) in [5, 5.41) is 6.57. The van der Waals surface area contributed by atoms with Gasteiger partial charge in [-0.3, -0.25) is 4.99 Å². The number of benzene rings is 1. The Morgan fingerprint density at radius 3 is 2.64 bits per heavy atom. The van der Waals surface area contributed by atoms with E-state index in [4.69, 9.17) is 18.9 Å². The molecule has 8 heteroatoms. The number of methoxy groups -OCH3 is 1. The van der Waals surface area contributed by atoms with Gasteiger partial charge in [-0.25, -0.2) is 0 Å². The highest BCUT2D eigenvalue weighted by Crippen LogP contribution is 2.18. The maximum Gasteiger partial charge on any atom is 0.191 e. The van der Waals surface area contributed by atoms with Gasteiger partial charge < -0.3 is 29.6 Å². The predicted molar refractivity (Wildman–Crippen MR) is 122 cm³/mol. The molecule has 7 nitrogen and oxygen atoms in total. The Kier molecular flexibility index (Phi) is 13.0. The van der Waals surface area contributed by atoms with E-state index in [-0.39, 0.29) is 30.1 Å². The largest absolute Gasteiger partial charge is 0.497 e. The normalized spacial score (nSPS) is 17.5. The molecule has 0 aliphatic carbocycles. The van der Waals surface area contributed by atoms with Crippen LogP contribution in [0.25, 0.3) is 0 Å². The standard InChI is InChI=1S/C20H33N3O4.HI/c1-16(27-19-7-5-18(24-3)6-8-19)13-23-20(21-2)22-10-4-11-25-14-17-9-12-26-15-17;/h5-8,16-17H,4,9-15H2,1-3H3,(H2,21,22,23);1H. The number of ether oxygens (including phenoxy) is 4. The Bertz CT molecular complexity index is 551. The van der Waals surface area contributed by atoms with Crippen molar-refractivity contribution in [1.29, 1.82) is 0 Å². The van der Waals surface area contributed by atoms with E-state index in [0.717, 1.165) is 63.3 Å². The van der Waals surface area contributed by atoms with Crippen molar-refractivity contribution in [2.24, 2.45) is 10.9 Å².